The fourth-order valence-corrected chi connectivity index (χ4v) is 1.65. The molecule has 0 radical (unpaired) electrons. The van der Waals surface area contributed by atoms with Gasteiger partial charge in [0.15, 0.2) is 0 Å². The highest BCUT2D eigenvalue weighted by atomic mass is 16.4. The van der Waals surface area contributed by atoms with E-state index in [4.69, 9.17) is 15.3 Å². The maximum absolute atomic E-state index is 10.8. The maximum atomic E-state index is 10.8. The summed E-state index contributed by atoms with van der Waals surface area (Å²) in [6.07, 6.45) is 0. The summed E-state index contributed by atoms with van der Waals surface area (Å²) >= 11 is 0. The monoisotopic (exact) mass is 281 g/mol. The standard InChI is InChI=1S/C13H15NO6/c1-8(12(17)18)6-14(7-11(15)16)10-4-2-9(3-5-10)13(19)20/h2-5,8H,6-7H2,1H3,(H,15,16)(H,17,18)(H,19,20). The molecule has 108 valence electrons. The van der Waals surface area contributed by atoms with E-state index in [9.17, 15) is 14.4 Å². The van der Waals surface area contributed by atoms with E-state index in [0.29, 0.717) is 5.69 Å². The highest BCUT2D eigenvalue weighted by Crippen LogP contribution is 2.17. The number of aliphatic carboxylic acids is 2. The van der Waals surface area contributed by atoms with Crippen molar-refractivity contribution >= 4 is 23.6 Å². The van der Waals surface area contributed by atoms with E-state index in [0.717, 1.165) is 0 Å². The Balaban J connectivity index is 2.94. The van der Waals surface area contributed by atoms with Gasteiger partial charge in [0.05, 0.1) is 11.5 Å². The summed E-state index contributed by atoms with van der Waals surface area (Å²) in [5.41, 5.74) is 0.542. The van der Waals surface area contributed by atoms with Crippen LogP contribution < -0.4 is 4.90 Å². The number of carboxylic acid groups (broad SMARTS) is 3. The Labute approximate surface area is 115 Å². The van der Waals surface area contributed by atoms with Gasteiger partial charge in [-0.1, -0.05) is 6.92 Å². The number of anilines is 1. The molecule has 0 bridgehead atoms. The average Bonchev–Trinajstić information content (AvgIpc) is 2.37. The van der Waals surface area contributed by atoms with Crippen LogP contribution in [0.2, 0.25) is 0 Å². The lowest BCUT2D eigenvalue weighted by atomic mass is 10.1. The van der Waals surface area contributed by atoms with Crippen molar-refractivity contribution in [3.05, 3.63) is 29.8 Å². The zero-order valence-electron chi connectivity index (χ0n) is 10.8. The predicted molar refractivity (Wildman–Crippen MR) is 70.0 cm³/mol. The van der Waals surface area contributed by atoms with E-state index in [1.165, 1.54) is 36.1 Å². The predicted octanol–water partition coefficient (Wildman–Crippen LogP) is 0.996. The molecule has 1 unspecified atom stereocenters. The molecule has 1 rings (SSSR count). The molecule has 7 nitrogen and oxygen atoms in total. The number of hydrogen-bond acceptors (Lipinski definition) is 4. The summed E-state index contributed by atoms with van der Waals surface area (Å²) < 4.78 is 0. The molecule has 0 aliphatic carbocycles. The molecule has 1 aromatic rings. The fraction of sp³-hybridized carbons (Fsp3) is 0.308. The zero-order valence-corrected chi connectivity index (χ0v) is 10.8. The quantitative estimate of drug-likeness (QED) is 0.682. The largest absolute Gasteiger partial charge is 0.481 e. The van der Waals surface area contributed by atoms with Crippen LogP contribution in [0.5, 0.6) is 0 Å². The lowest BCUT2D eigenvalue weighted by Gasteiger charge is -2.24. The number of nitrogens with zero attached hydrogens (tertiary/aromatic N) is 1. The lowest BCUT2D eigenvalue weighted by molar-refractivity contribution is -0.141. The summed E-state index contributed by atoms with van der Waals surface area (Å²) in [6.45, 7) is 1.14. The number of carbonyl (C=O) groups is 3. The summed E-state index contributed by atoms with van der Waals surface area (Å²) in [6, 6.07) is 5.61. The van der Waals surface area contributed by atoms with E-state index in [-0.39, 0.29) is 18.7 Å². The van der Waals surface area contributed by atoms with Crippen molar-refractivity contribution in [3.63, 3.8) is 0 Å². The highest BCUT2D eigenvalue weighted by Gasteiger charge is 2.19. The van der Waals surface area contributed by atoms with Crippen LogP contribution in [0.3, 0.4) is 0 Å². The molecule has 20 heavy (non-hydrogen) atoms. The third-order valence-corrected chi connectivity index (χ3v) is 2.72. The first-order valence-corrected chi connectivity index (χ1v) is 5.84. The second-order valence-electron chi connectivity index (χ2n) is 4.37. The molecule has 0 saturated carbocycles. The molecule has 1 aromatic carbocycles. The Bertz CT molecular complexity index is 510. The van der Waals surface area contributed by atoms with Gasteiger partial charge in [0.25, 0.3) is 0 Å². The topological polar surface area (TPSA) is 115 Å². The first kappa shape index (κ1) is 15.5. The van der Waals surface area contributed by atoms with Crippen LogP contribution in [0.15, 0.2) is 24.3 Å². The van der Waals surface area contributed by atoms with Crippen molar-refractivity contribution in [2.75, 3.05) is 18.0 Å². The van der Waals surface area contributed by atoms with Crippen molar-refractivity contribution in [1.29, 1.82) is 0 Å². The molecule has 0 aliphatic heterocycles. The molecule has 0 aromatic heterocycles. The molecular weight excluding hydrogens is 266 g/mol. The molecule has 7 heteroatoms. The third kappa shape index (κ3) is 4.27. The number of hydrogen-bond donors (Lipinski definition) is 3. The van der Waals surface area contributed by atoms with Gasteiger partial charge in [0, 0.05) is 12.2 Å². The van der Waals surface area contributed by atoms with E-state index in [1.54, 1.807) is 0 Å². The van der Waals surface area contributed by atoms with Gasteiger partial charge in [-0.05, 0) is 24.3 Å². The minimum Gasteiger partial charge on any atom is -0.481 e. The molecule has 1 atom stereocenters. The minimum atomic E-state index is -1.09. The number of carboxylic acids is 3. The maximum Gasteiger partial charge on any atom is 0.335 e. The fourth-order valence-electron chi connectivity index (χ4n) is 1.65. The normalized spacial score (nSPS) is 11.7. The van der Waals surface area contributed by atoms with Gasteiger partial charge in [-0.15, -0.1) is 0 Å². The number of aromatic carboxylic acids is 1. The van der Waals surface area contributed by atoms with Gasteiger partial charge in [0.1, 0.15) is 6.54 Å². The number of rotatable bonds is 7. The van der Waals surface area contributed by atoms with Crippen LogP contribution in [0.4, 0.5) is 5.69 Å². The Hall–Kier alpha value is -2.57. The van der Waals surface area contributed by atoms with Gasteiger partial charge in [-0.2, -0.15) is 0 Å². The van der Waals surface area contributed by atoms with Gasteiger partial charge in [0.2, 0.25) is 0 Å². The second kappa shape index (κ2) is 6.55. The molecule has 0 fully saturated rings. The van der Waals surface area contributed by atoms with E-state index < -0.39 is 23.8 Å². The summed E-state index contributed by atoms with van der Waals surface area (Å²) in [4.78, 5) is 33.8. The highest BCUT2D eigenvalue weighted by molar-refractivity contribution is 5.88. The lowest BCUT2D eigenvalue weighted by Crippen LogP contribution is -2.35. The average molecular weight is 281 g/mol. The van der Waals surface area contributed by atoms with Crippen LogP contribution in [-0.4, -0.2) is 46.3 Å². The van der Waals surface area contributed by atoms with E-state index >= 15 is 0 Å². The Morgan fingerprint density at radius 1 is 1.10 bits per heavy atom. The van der Waals surface area contributed by atoms with Gasteiger partial charge < -0.3 is 20.2 Å². The van der Waals surface area contributed by atoms with Crippen LogP contribution in [0.25, 0.3) is 0 Å². The zero-order chi connectivity index (χ0) is 15.3. The molecule has 0 aliphatic rings. The summed E-state index contributed by atoms with van der Waals surface area (Å²) in [5, 5.41) is 26.5. The second-order valence-corrected chi connectivity index (χ2v) is 4.37. The van der Waals surface area contributed by atoms with Crippen molar-refractivity contribution in [1.82, 2.24) is 0 Å². The van der Waals surface area contributed by atoms with Crippen molar-refractivity contribution in [2.24, 2.45) is 5.92 Å². The summed E-state index contributed by atoms with van der Waals surface area (Å²) in [7, 11) is 0. The van der Waals surface area contributed by atoms with Crippen LogP contribution in [0, 0.1) is 5.92 Å². The molecule has 0 heterocycles. The van der Waals surface area contributed by atoms with Gasteiger partial charge in [-0.3, -0.25) is 9.59 Å². The van der Waals surface area contributed by atoms with Gasteiger partial charge in [-0.25, -0.2) is 4.79 Å². The van der Waals surface area contributed by atoms with Crippen LogP contribution in [0.1, 0.15) is 17.3 Å². The first-order chi connectivity index (χ1) is 9.31. The smallest absolute Gasteiger partial charge is 0.335 e. The molecule has 3 N–H and O–H groups in total. The number of benzene rings is 1. The third-order valence-electron chi connectivity index (χ3n) is 2.72. The van der Waals surface area contributed by atoms with Crippen molar-refractivity contribution in [2.45, 2.75) is 6.92 Å². The molecular formula is C13H15NO6. The Kier molecular flexibility index (Phi) is 5.08. The van der Waals surface area contributed by atoms with Crippen LogP contribution in [-0.2, 0) is 9.59 Å². The molecule has 0 spiro atoms. The van der Waals surface area contributed by atoms with E-state index in [2.05, 4.69) is 0 Å². The Morgan fingerprint density at radius 3 is 2.05 bits per heavy atom. The Morgan fingerprint density at radius 2 is 1.65 bits per heavy atom. The SMILES string of the molecule is CC(CN(CC(=O)O)c1ccc(C(=O)O)cc1)C(=O)O. The van der Waals surface area contributed by atoms with E-state index in [1.807, 2.05) is 0 Å². The van der Waals surface area contributed by atoms with Crippen molar-refractivity contribution in [3.8, 4) is 0 Å². The minimum absolute atomic E-state index is 0.0219. The molecule has 0 saturated heterocycles. The van der Waals surface area contributed by atoms with Crippen molar-refractivity contribution < 1.29 is 29.7 Å². The van der Waals surface area contributed by atoms with Gasteiger partial charge >= 0.3 is 17.9 Å². The summed E-state index contributed by atoms with van der Waals surface area (Å²) in [5.74, 6) is -3.94. The first-order valence-electron chi connectivity index (χ1n) is 5.84. The van der Waals surface area contributed by atoms with Crippen LogP contribution >= 0.6 is 0 Å². The molecule has 0 amide bonds.